The van der Waals surface area contributed by atoms with Crippen LogP contribution in [-0.2, 0) is 13.2 Å². The molecule has 0 radical (unpaired) electrons. The maximum atomic E-state index is 6.16. The van der Waals surface area contributed by atoms with E-state index in [1.807, 2.05) is 66.7 Å². The molecule has 0 aromatic heterocycles. The Hall–Kier alpha value is -3.04. The van der Waals surface area contributed by atoms with E-state index in [0.717, 1.165) is 38.2 Å². The molecule has 0 saturated heterocycles. The van der Waals surface area contributed by atoms with Crippen LogP contribution < -0.4 is 9.47 Å². The highest BCUT2D eigenvalue weighted by Crippen LogP contribution is 2.35. The van der Waals surface area contributed by atoms with Crippen molar-refractivity contribution in [2.75, 3.05) is 0 Å². The molecular formula is C26H21BrO2. The molecule has 0 aliphatic carbocycles. The van der Waals surface area contributed by atoms with Gasteiger partial charge in [-0.2, -0.15) is 0 Å². The average molecular weight is 445 g/mol. The average Bonchev–Trinajstić information content (AvgIpc) is 2.78. The summed E-state index contributed by atoms with van der Waals surface area (Å²) in [7, 11) is 0. The van der Waals surface area contributed by atoms with Crippen LogP contribution in [0.1, 0.15) is 11.1 Å². The van der Waals surface area contributed by atoms with Gasteiger partial charge in [0.05, 0.1) is 0 Å². The Kier molecular flexibility index (Phi) is 6.28. The molecule has 0 spiro atoms. The second kappa shape index (κ2) is 9.44. The summed E-state index contributed by atoms with van der Waals surface area (Å²) in [6.07, 6.45) is 0. The highest BCUT2D eigenvalue weighted by Gasteiger charge is 2.10. The highest BCUT2D eigenvalue weighted by atomic mass is 79.9. The molecule has 0 fully saturated rings. The molecular weight excluding hydrogens is 424 g/mol. The Labute approximate surface area is 179 Å². The molecule has 0 atom stereocenters. The molecule has 0 amide bonds. The van der Waals surface area contributed by atoms with E-state index < -0.39 is 0 Å². The van der Waals surface area contributed by atoms with Gasteiger partial charge >= 0.3 is 0 Å². The Morgan fingerprint density at radius 1 is 0.586 bits per heavy atom. The quantitative estimate of drug-likeness (QED) is 0.298. The van der Waals surface area contributed by atoms with Gasteiger partial charge in [0.1, 0.15) is 24.7 Å². The van der Waals surface area contributed by atoms with Crippen molar-refractivity contribution >= 4 is 15.9 Å². The minimum Gasteiger partial charge on any atom is -0.489 e. The second-order valence-electron chi connectivity index (χ2n) is 6.71. The van der Waals surface area contributed by atoms with E-state index in [1.54, 1.807) is 0 Å². The zero-order chi connectivity index (χ0) is 19.9. The standard InChI is InChI=1S/C26H21BrO2/c27-23-13-11-22(12-14-23)25-17-24(28-18-20-7-3-1-4-8-20)15-16-26(25)29-19-21-9-5-2-6-10-21/h1-17H,18-19H2. The van der Waals surface area contributed by atoms with Crippen molar-refractivity contribution in [1.29, 1.82) is 0 Å². The number of benzene rings is 4. The number of hydrogen-bond donors (Lipinski definition) is 0. The van der Waals surface area contributed by atoms with Crippen molar-refractivity contribution in [3.05, 3.63) is 119 Å². The molecule has 29 heavy (non-hydrogen) atoms. The normalized spacial score (nSPS) is 10.5. The zero-order valence-corrected chi connectivity index (χ0v) is 17.5. The van der Waals surface area contributed by atoms with Gasteiger partial charge in [-0.1, -0.05) is 88.7 Å². The molecule has 0 heterocycles. The molecule has 4 aromatic carbocycles. The SMILES string of the molecule is Brc1ccc(-c2cc(OCc3ccccc3)ccc2OCc2ccccc2)cc1. The summed E-state index contributed by atoms with van der Waals surface area (Å²) in [5, 5.41) is 0. The Morgan fingerprint density at radius 2 is 1.17 bits per heavy atom. The third-order valence-electron chi connectivity index (χ3n) is 4.59. The summed E-state index contributed by atoms with van der Waals surface area (Å²) in [5.41, 5.74) is 4.38. The van der Waals surface area contributed by atoms with Gasteiger partial charge in [0.15, 0.2) is 0 Å². The van der Waals surface area contributed by atoms with Gasteiger partial charge in [-0.05, 0) is 47.0 Å². The molecule has 0 bridgehead atoms. The molecule has 4 aromatic rings. The summed E-state index contributed by atoms with van der Waals surface area (Å²) >= 11 is 3.51. The van der Waals surface area contributed by atoms with E-state index >= 15 is 0 Å². The summed E-state index contributed by atoms with van der Waals surface area (Å²) in [5.74, 6) is 1.65. The van der Waals surface area contributed by atoms with Crippen molar-refractivity contribution in [3.8, 4) is 22.6 Å². The minimum absolute atomic E-state index is 0.522. The lowest BCUT2D eigenvalue weighted by molar-refractivity contribution is 0.298. The maximum Gasteiger partial charge on any atom is 0.127 e. The van der Waals surface area contributed by atoms with Crippen LogP contribution in [-0.4, -0.2) is 0 Å². The molecule has 0 saturated carbocycles. The molecule has 144 valence electrons. The third kappa shape index (κ3) is 5.27. The zero-order valence-electron chi connectivity index (χ0n) is 15.9. The van der Waals surface area contributed by atoms with Gasteiger partial charge in [-0.3, -0.25) is 0 Å². The van der Waals surface area contributed by atoms with Gasteiger partial charge in [0, 0.05) is 10.0 Å². The molecule has 4 rings (SSSR count). The van der Waals surface area contributed by atoms with Crippen molar-refractivity contribution in [2.24, 2.45) is 0 Å². The van der Waals surface area contributed by atoms with Crippen LogP contribution in [0.3, 0.4) is 0 Å². The predicted molar refractivity (Wildman–Crippen MR) is 121 cm³/mol. The monoisotopic (exact) mass is 444 g/mol. The first-order chi connectivity index (χ1) is 14.3. The van der Waals surface area contributed by atoms with E-state index in [9.17, 15) is 0 Å². The lowest BCUT2D eigenvalue weighted by Crippen LogP contribution is -1.99. The maximum absolute atomic E-state index is 6.16. The Morgan fingerprint density at radius 3 is 1.79 bits per heavy atom. The summed E-state index contributed by atoms with van der Waals surface area (Å²) < 4.78 is 13.2. The second-order valence-corrected chi connectivity index (χ2v) is 7.63. The van der Waals surface area contributed by atoms with Crippen LogP contribution in [0.15, 0.2) is 108 Å². The molecule has 0 unspecified atom stereocenters. The minimum atomic E-state index is 0.522. The Balaban J connectivity index is 1.58. The van der Waals surface area contributed by atoms with Gasteiger partial charge in [0.25, 0.3) is 0 Å². The van der Waals surface area contributed by atoms with Crippen LogP contribution >= 0.6 is 15.9 Å². The van der Waals surface area contributed by atoms with E-state index in [4.69, 9.17) is 9.47 Å². The van der Waals surface area contributed by atoms with Crippen LogP contribution in [0.25, 0.3) is 11.1 Å². The summed E-state index contributed by atoms with van der Waals surface area (Å²) in [6.45, 7) is 1.05. The van der Waals surface area contributed by atoms with Crippen molar-refractivity contribution in [2.45, 2.75) is 13.2 Å². The summed E-state index contributed by atoms with van der Waals surface area (Å²) in [6, 6.07) is 34.6. The smallest absolute Gasteiger partial charge is 0.127 e. The third-order valence-corrected chi connectivity index (χ3v) is 5.12. The fraction of sp³-hybridized carbons (Fsp3) is 0.0769. The van der Waals surface area contributed by atoms with Crippen LogP contribution in [0.5, 0.6) is 11.5 Å². The molecule has 3 heteroatoms. The van der Waals surface area contributed by atoms with Gasteiger partial charge < -0.3 is 9.47 Å². The topological polar surface area (TPSA) is 18.5 Å². The van der Waals surface area contributed by atoms with Crippen LogP contribution in [0, 0.1) is 0 Å². The first kappa shape index (κ1) is 19.3. The lowest BCUT2D eigenvalue weighted by Gasteiger charge is -2.15. The number of hydrogen-bond acceptors (Lipinski definition) is 2. The van der Waals surface area contributed by atoms with Crippen molar-refractivity contribution in [1.82, 2.24) is 0 Å². The van der Waals surface area contributed by atoms with Gasteiger partial charge in [0.2, 0.25) is 0 Å². The van der Waals surface area contributed by atoms with E-state index in [2.05, 4.69) is 52.3 Å². The number of halogens is 1. The molecule has 0 N–H and O–H groups in total. The van der Waals surface area contributed by atoms with E-state index in [-0.39, 0.29) is 0 Å². The van der Waals surface area contributed by atoms with Crippen LogP contribution in [0.2, 0.25) is 0 Å². The number of ether oxygens (including phenoxy) is 2. The van der Waals surface area contributed by atoms with E-state index in [1.165, 1.54) is 0 Å². The van der Waals surface area contributed by atoms with Crippen LogP contribution in [0.4, 0.5) is 0 Å². The highest BCUT2D eigenvalue weighted by molar-refractivity contribution is 9.10. The molecule has 2 nitrogen and oxygen atoms in total. The molecule has 0 aliphatic rings. The van der Waals surface area contributed by atoms with E-state index in [0.29, 0.717) is 13.2 Å². The molecule has 0 aliphatic heterocycles. The first-order valence-corrected chi connectivity index (χ1v) is 10.3. The van der Waals surface area contributed by atoms with Crippen molar-refractivity contribution in [3.63, 3.8) is 0 Å². The number of rotatable bonds is 7. The lowest BCUT2D eigenvalue weighted by atomic mass is 10.0. The Bertz CT molecular complexity index is 1050. The fourth-order valence-corrected chi connectivity index (χ4v) is 3.32. The first-order valence-electron chi connectivity index (χ1n) is 9.51. The predicted octanol–water partition coefficient (Wildman–Crippen LogP) is 7.27. The summed E-state index contributed by atoms with van der Waals surface area (Å²) in [4.78, 5) is 0. The fourth-order valence-electron chi connectivity index (χ4n) is 3.06. The van der Waals surface area contributed by atoms with Gasteiger partial charge in [-0.15, -0.1) is 0 Å². The van der Waals surface area contributed by atoms with Gasteiger partial charge in [-0.25, -0.2) is 0 Å². The largest absolute Gasteiger partial charge is 0.489 e. The van der Waals surface area contributed by atoms with Crippen molar-refractivity contribution < 1.29 is 9.47 Å².